The van der Waals surface area contributed by atoms with Gasteiger partial charge in [0.05, 0.1) is 10.7 Å². The molecule has 1 aromatic carbocycles. The molecule has 0 bridgehead atoms. The van der Waals surface area contributed by atoms with Gasteiger partial charge in [-0.15, -0.1) is 0 Å². The van der Waals surface area contributed by atoms with Crippen molar-refractivity contribution in [1.82, 2.24) is 24.3 Å². The first-order valence-electron chi connectivity index (χ1n) is 10.2. The average Bonchev–Trinajstić information content (AvgIpc) is 3.36. The molecule has 9 heteroatoms. The Bertz CT molecular complexity index is 1240. The Morgan fingerprint density at radius 2 is 2.00 bits per heavy atom. The normalized spacial score (nSPS) is 14.8. The number of fused-ring (bicyclic) bond motifs is 1. The Labute approximate surface area is 183 Å². The van der Waals surface area contributed by atoms with Crippen molar-refractivity contribution in [2.75, 3.05) is 18.4 Å². The molecule has 0 atom stereocenters. The number of oxazole rings is 1. The van der Waals surface area contributed by atoms with Crippen LogP contribution in [0.25, 0.3) is 28.5 Å². The lowest BCUT2D eigenvalue weighted by Gasteiger charge is -2.31. The summed E-state index contributed by atoms with van der Waals surface area (Å²) in [5, 5.41) is 4.02. The van der Waals surface area contributed by atoms with E-state index in [1.54, 1.807) is 19.4 Å². The van der Waals surface area contributed by atoms with Gasteiger partial charge in [0, 0.05) is 44.0 Å². The van der Waals surface area contributed by atoms with E-state index in [1.165, 1.54) is 0 Å². The summed E-state index contributed by atoms with van der Waals surface area (Å²) in [7, 11) is 0. The summed E-state index contributed by atoms with van der Waals surface area (Å²) < 4.78 is 7.38. The quantitative estimate of drug-likeness (QED) is 0.517. The Kier molecular flexibility index (Phi) is 5.07. The van der Waals surface area contributed by atoms with E-state index in [1.807, 2.05) is 45.8 Å². The second-order valence-electron chi connectivity index (χ2n) is 7.53. The lowest BCUT2D eigenvalue weighted by atomic mass is 10.1. The van der Waals surface area contributed by atoms with Crippen molar-refractivity contribution in [2.24, 2.45) is 0 Å². The van der Waals surface area contributed by atoms with Gasteiger partial charge in [0.2, 0.25) is 11.9 Å². The van der Waals surface area contributed by atoms with Gasteiger partial charge in [-0.25, -0.2) is 9.97 Å². The Morgan fingerprint density at radius 1 is 1.19 bits per heavy atom. The Balaban J connectivity index is 1.48. The zero-order valence-corrected chi connectivity index (χ0v) is 17.7. The predicted octanol–water partition coefficient (Wildman–Crippen LogP) is 4.13. The molecule has 1 aliphatic heterocycles. The molecular weight excluding hydrogens is 416 g/mol. The van der Waals surface area contributed by atoms with E-state index >= 15 is 0 Å². The lowest BCUT2D eigenvalue weighted by molar-refractivity contribution is -0.129. The summed E-state index contributed by atoms with van der Waals surface area (Å²) in [4.78, 5) is 27.2. The van der Waals surface area contributed by atoms with Crippen LogP contribution in [0.1, 0.15) is 19.8 Å². The molecular formula is C22H21ClN6O2. The molecule has 5 rings (SSSR count). The van der Waals surface area contributed by atoms with Gasteiger partial charge in [-0.1, -0.05) is 29.8 Å². The van der Waals surface area contributed by atoms with Crippen molar-refractivity contribution in [3.8, 4) is 22.6 Å². The Hall–Kier alpha value is -3.39. The molecule has 1 amide bonds. The first-order valence-corrected chi connectivity index (χ1v) is 10.5. The minimum absolute atomic E-state index is 0.119. The smallest absolute Gasteiger partial charge is 0.306 e. The standard InChI is InChI=1S/C22H21ClN6O2/c1-14(30)28-10-7-15(8-11-28)25-21-24-9-6-18(26-21)20-19(16-4-2-3-5-17(16)23)27-22-29(20)12-13-31-22/h2-6,9,12-13,15H,7-8,10-11H2,1H3,(H,24,25,26). The minimum Gasteiger partial charge on any atom is -0.432 e. The SMILES string of the molecule is CC(=O)N1CCC(Nc2nccc(-c3c(-c4ccccc4Cl)nc4occn34)n2)CC1. The maximum atomic E-state index is 11.6. The van der Waals surface area contributed by atoms with Gasteiger partial charge in [-0.05, 0) is 25.0 Å². The number of piperidine rings is 1. The zero-order valence-electron chi connectivity index (χ0n) is 17.0. The largest absolute Gasteiger partial charge is 0.432 e. The molecule has 0 unspecified atom stereocenters. The molecule has 31 heavy (non-hydrogen) atoms. The average molecular weight is 437 g/mol. The topological polar surface area (TPSA) is 88.6 Å². The number of carbonyl (C=O) groups is 1. The summed E-state index contributed by atoms with van der Waals surface area (Å²) in [6.45, 7) is 3.09. The molecule has 1 N–H and O–H groups in total. The van der Waals surface area contributed by atoms with Crippen LogP contribution in [-0.4, -0.2) is 49.3 Å². The highest BCUT2D eigenvalue weighted by Gasteiger charge is 2.23. The molecule has 1 aliphatic rings. The highest BCUT2D eigenvalue weighted by atomic mass is 35.5. The van der Waals surface area contributed by atoms with E-state index < -0.39 is 0 Å². The fraction of sp³-hybridized carbons (Fsp3) is 0.273. The molecule has 158 valence electrons. The third kappa shape index (κ3) is 3.74. The number of imidazole rings is 1. The highest BCUT2D eigenvalue weighted by molar-refractivity contribution is 6.33. The van der Waals surface area contributed by atoms with Crippen LogP contribution in [0.4, 0.5) is 5.95 Å². The second kappa shape index (κ2) is 8.03. The van der Waals surface area contributed by atoms with Crippen LogP contribution in [-0.2, 0) is 4.79 Å². The van der Waals surface area contributed by atoms with Crippen LogP contribution in [0.3, 0.4) is 0 Å². The Morgan fingerprint density at radius 3 is 2.77 bits per heavy atom. The third-order valence-corrected chi connectivity index (χ3v) is 5.89. The summed E-state index contributed by atoms with van der Waals surface area (Å²) in [5.74, 6) is 1.13. The third-order valence-electron chi connectivity index (χ3n) is 5.56. The number of hydrogen-bond donors (Lipinski definition) is 1. The molecule has 0 radical (unpaired) electrons. The van der Waals surface area contributed by atoms with Crippen LogP contribution in [0.15, 0.2) is 53.4 Å². The number of benzene rings is 1. The van der Waals surface area contributed by atoms with Crippen molar-refractivity contribution in [1.29, 1.82) is 0 Å². The molecule has 3 aromatic heterocycles. The van der Waals surface area contributed by atoms with Crippen molar-refractivity contribution in [2.45, 2.75) is 25.8 Å². The van der Waals surface area contributed by atoms with Crippen molar-refractivity contribution in [3.63, 3.8) is 0 Å². The van der Waals surface area contributed by atoms with Gasteiger partial charge in [0.15, 0.2) is 0 Å². The fourth-order valence-electron chi connectivity index (χ4n) is 3.95. The molecule has 1 saturated heterocycles. The van der Waals surface area contributed by atoms with E-state index in [9.17, 15) is 4.79 Å². The van der Waals surface area contributed by atoms with Crippen molar-refractivity contribution >= 4 is 29.3 Å². The summed E-state index contributed by atoms with van der Waals surface area (Å²) in [6, 6.07) is 9.63. The number of nitrogens with zero attached hydrogens (tertiary/aromatic N) is 5. The van der Waals surface area contributed by atoms with Gasteiger partial charge < -0.3 is 14.6 Å². The maximum absolute atomic E-state index is 11.6. The van der Waals surface area contributed by atoms with Gasteiger partial charge in [-0.3, -0.25) is 9.20 Å². The molecule has 0 aliphatic carbocycles. The van der Waals surface area contributed by atoms with E-state index in [2.05, 4.69) is 15.3 Å². The first-order chi connectivity index (χ1) is 15.1. The number of halogens is 1. The number of hydrogen-bond acceptors (Lipinski definition) is 6. The highest BCUT2D eigenvalue weighted by Crippen LogP contribution is 2.35. The number of aromatic nitrogens is 4. The second-order valence-corrected chi connectivity index (χ2v) is 7.94. The number of carbonyl (C=O) groups excluding carboxylic acids is 1. The van der Waals surface area contributed by atoms with Gasteiger partial charge in [0.1, 0.15) is 17.7 Å². The number of amides is 1. The number of anilines is 1. The molecule has 1 fully saturated rings. The molecule has 4 heterocycles. The maximum Gasteiger partial charge on any atom is 0.306 e. The van der Waals surface area contributed by atoms with E-state index in [0.29, 0.717) is 28.2 Å². The van der Waals surface area contributed by atoms with Crippen LogP contribution >= 0.6 is 11.6 Å². The van der Waals surface area contributed by atoms with E-state index in [0.717, 1.165) is 37.2 Å². The van der Waals surface area contributed by atoms with E-state index in [4.69, 9.17) is 21.0 Å². The van der Waals surface area contributed by atoms with Gasteiger partial charge >= 0.3 is 5.84 Å². The van der Waals surface area contributed by atoms with E-state index in [-0.39, 0.29) is 11.9 Å². The number of rotatable bonds is 4. The summed E-state index contributed by atoms with van der Waals surface area (Å²) in [6.07, 6.45) is 6.84. The zero-order chi connectivity index (χ0) is 21.4. The van der Waals surface area contributed by atoms with Gasteiger partial charge in [-0.2, -0.15) is 4.98 Å². The lowest BCUT2D eigenvalue weighted by Crippen LogP contribution is -2.41. The van der Waals surface area contributed by atoms with Crippen LogP contribution in [0.5, 0.6) is 0 Å². The molecule has 0 saturated carbocycles. The van der Waals surface area contributed by atoms with Crippen molar-refractivity contribution < 1.29 is 9.21 Å². The predicted molar refractivity (Wildman–Crippen MR) is 118 cm³/mol. The van der Waals surface area contributed by atoms with Crippen LogP contribution in [0.2, 0.25) is 5.02 Å². The first kappa shape index (κ1) is 19.6. The summed E-state index contributed by atoms with van der Waals surface area (Å²) >= 11 is 6.45. The number of likely N-dealkylation sites (tertiary alicyclic amines) is 1. The fourth-order valence-corrected chi connectivity index (χ4v) is 4.18. The molecule has 4 aromatic rings. The van der Waals surface area contributed by atoms with Crippen molar-refractivity contribution in [3.05, 3.63) is 54.0 Å². The van der Waals surface area contributed by atoms with Crippen LogP contribution < -0.4 is 5.32 Å². The number of nitrogens with one attached hydrogen (secondary N) is 1. The monoisotopic (exact) mass is 436 g/mol. The van der Waals surface area contributed by atoms with Gasteiger partial charge in [0.25, 0.3) is 0 Å². The molecule has 0 spiro atoms. The summed E-state index contributed by atoms with van der Waals surface area (Å²) in [5.41, 5.74) is 3.00. The van der Waals surface area contributed by atoms with Crippen LogP contribution in [0, 0.1) is 0 Å². The minimum atomic E-state index is 0.119. The molecule has 8 nitrogen and oxygen atoms in total.